The Hall–Kier alpha value is -0.400. The molecule has 0 spiro atoms. The van der Waals surface area contributed by atoms with Crippen LogP contribution in [0.1, 0.15) is 20.3 Å². The van der Waals surface area contributed by atoms with Gasteiger partial charge in [0.1, 0.15) is 4.90 Å². The number of hydrogen-bond donors (Lipinski definition) is 1. The first-order valence-corrected chi connectivity index (χ1v) is 8.02. The van der Waals surface area contributed by atoms with Crippen LogP contribution >= 0.6 is 15.9 Å². The third-order valence-electron chi connectivity index (χ3n) is 2.26. The van der Waals surface area contributed by atoms with Crippen LogP contribution in [0.2, 0.25) is 0 Å². The molecule has 17 heavy (non-hydrogen) atoms. The van der Waals surface area contributed by atoms with Crippen molar-refractivity contribution in [2.45, 2.75) is 31.2 Å². The van der Waals surface area contributed by atoms with Crippen LogP contribution < -0.4 is 4.72 Å². The van der Waals surface area contributed by atoms with Gasteiger partial charge in [0.05, 0.1) is 6.20 Å². The number of rotatable bonds is 6. The molecule has 0 amide bonds. The van der Waals surface area contributed by atoms with Crippen LogP contribution in [0.25, 0.3) is 0 Å². The van der Waals surface area contributed by atoms with E-state index < -0.39 is 10.0 Å². The molecule has 0 bridgehead atoms. The molecular formula is C10H18BrN3O2S. The van der Waals surface area contributed by atoms with Gasteiger partial charge in [0.15, 0.2) is 0 Å². The number of nitrogens with one attached hydrogen (secondary N) is 1. The molecule has 1 aromatic heterocycles. The standard InChI is InChI=1S/C10H18BrN3O2S/c1-8(2)4-9(5-11)13-17(15,16)10-6-12-14(3)7-10/h6-9,13H,4-5H2,1-3H3. The molecule has 0 saturated carbocycles. The van der Waals surface area contributed by atoms with Crippen molar-refractivity contribution in [3.05, 3.63) is 12.4 Å². The van der Waals surface area contributed by atoms with E-state index in [9.17, 15) is 8.42 Å². The fraction of sp³-hybridized carbons (Fsp3) is 0.700. The Morgan fingerprint density at radius 2 is 2.18 bits per heavy atom. The van der Waals surface area contributed by atoms with Crippen LogP contribution in [0.4, 0.5) is 0 Å². The first-order chi connectivity index (χ1) is 7.85. The summed E-state index contributed by atoms with van der Waals surface area (Å²) in [6.45, 7) is 4.13. The number of nitrogens with zero attached hydrogens (tertiary/aromatic N) is 2. The molecule has 0 fully saturated rings. The number of sulfonamides is 1. The van der Waals surface area contributed by atoms with E-state index in [0.29, 0.717) is 11.2 Å². The summed E-state index contributed by atoms with van der Waals surface area (Å²) in [6.07, 6.45) is 3.64. The molecule has 0 aromatic carbocycles. The summed E-state index contributed by atoms with van der Waals surface area (Å²) < 4.78 is 28.2. The molecule has 1 heterocycles. The van der Waals surface area contributed by atoms with E-state index in [-0.39, 0.29) is 10.9 Å². The third kappa shape index (κ3) is 4.40. The zero-order chi connectivity index (χ0) is 13.1. The average molecular weight is 324 g/mol. The molecule has 0 aliphatic carbocycles. The SMILES string of the molecule is CC(C)CC(CBr)NS(=O)(=O)c1cnn(C)c1. The second-order valence-electron chi connectivity index (χ2n) is 4.45. The number of halogens is 1. The minimum atomic E-state index is -3.46. The highest BCUT2D eigenvalue weighted by Crippen LogP contribution is 2.12. The normalized spacial score (nSPS) is 14.2. The lowest BCUT2D eigenvalue weighted by molar-refractivity contribution is 0.488. The Morgan fingerprint density at radius 3 is 2.59 bits per heavy atom. The van der Waals surface area contributed by atoms with Crippen LogP contribution in [0.5, 0.6) is 0 Å². The largest absolute Gasteiger partial charge is 0.274 e. The lowest BCUT2D eigenvalue weighted by atomic mass is 10.1. The lowest BCUT2D eigenvalue weighted by Gasteiger charge is -2.17. The first-order valence-electron chi connectivity index (χ1n) is 5.42. The molecule has 0 radical (unpaired) electrons. The second kappa shape index (κ2) is 5.97. The van der Waals surface area contributed by atoms with E-state index in [4.69, 9.17) is 0 Å². The number of aryl methyl sites for hydroxylation is 1. The van der Waals surface area contributed by atoms with Crippen molar-refractivity contribution < 1.29 is 8.42 Å². The van der Waals surface area contributed by atoms with Crippen LogP contribution in [0.3, 0.4) is 0 Å². The van der Waals surface area contributed by atoms with Crippen LogP contribution in [0.15, 0.2) is 17.3 Å². The summed E-state index contributed by atoms with van der Waals surface area (Å²) >= 11 is 3.33. The van der Waals surface area contributed by atoms with E-state index in [0.717, 1.165) is 6.42 Å². The molecule has 0 aliphatic heterocycles. The molecule has 1 unspecified atom stereocenters. The maximum atomic E-state index is 12.0. The summed E-state index contributed by atoms with van der Waals surface area (Å²) in [5, 5.41) is 4.46. The van der Waals surface area contributed by atoms with Crippen molar-refractivity contribution in [3.8, 4) is 0 Å². The first kappa shape index (κ1) is 14.7. The van der Waals surface area contributed by atoms with E-state index in [2.05, 4.69) is 39.6 Å². The van der Waals surface area contributed by atoms with E-state index in [1.54, 1.807) is 7.05 Å². The van der Waals surface area contributed by atoms with Gasteiger partial charge in [-0.3, -0.25) is 4.68 Å². The van der Waals surface area contributed by atoms with Gasteiger partial charge >= 0.3 is 0 Å². The highest BCUT2D eigenvalue weighted by atomic mass is 79.9. The van der Waals surface area contributed by atoms with Gasteiger partial charge in [-0.1, -0.05) is 29.8 Å². The monoisotopic (exact) mass is 323 g/mol. The van der Waals surface area contributed by atoms with E-state index in [1.165, 1.54) is 17.1 Å². The quantitative estimate of drug-likeness (QED) is 0.807. The van der Waals surface area contributed by atoms with Crippen molar-refractivity contribution in [2.24, 2.45) is 13.0 Å². The Kier molecular flexibility index (Phi) is 5.15. The van der Waals surface area contributed by atoms with Gasteiger partial charge in [-0.15, -0.1) is 0 Å². The predicted molar refractivity (Wildman–Crippen MR) is 70.6 cm³/mol. The zero-order valence-electron chi connectivity index (χ0n) is 10.2. The fourth-order valence-corrected chi connectivity index (χ4v) is 3.41. The van der Waals surface area contributed by atoms with E-state index in [1.807, 2.05) is 0 Å². The molecule has 5 nitrogen and oxygen atoms in total. The molecule has 1 atom stereocenters. The summed E-state index contributed by atoms with van der Waals surface area (Å²) in [5.41, 5.74) is 0. The van der Waals surface area contributed by atoms with Gasteiger partial charge in [-0.05, 0) is 12.3 Å². The summed E-state index contributed by atoms with van der Waals surface area (Å²) in [7, 11) is -1.77. The minimum absolute atomic E-state index is 0.0970. The maximum absolute atomic E-state index is 12.0. The van der Waals surface area contributed by atoms with Crippen molar-refractivity contribution in [2.75, 3.05) is 5.33 Å². The van der Waals surface area contributed by atoms with Gasteiger partial charge in [-0.25, -0.2) is 13.1 Å². The van der Waals surface area contributed by atoms with Crippen LogP contribution in [-0.2, 0) is 17.1 Å². The highest BCUT2D eigenvalue weighted by Gasteiger charge is 2.21. The maximum Gasteiger partial charge on any atom is 0.243 e. The predicted octanol–water partition coefficient (Wildman–Crippen LogP) is 1.51. The molecule has 0 saturated heterocycles. The molecule has 1 N–H and O–H groups in total. The van der Waals surface area contributed by atoms with Gasteiger partial charge in [0.2, 0.25) is 10.0 Å². The van der Waals surface area contributed by atoms with Gasteiger partial charge in [0.25, 0.3) is 0 Å². The zero-order valence-corrected chi connectivity index (χ0v) is 12.6. The molecular weight excluding hydrogens is 306 g/mol. The summed E-state index contributed by atoms with van der Waals surface area (Å²) in [6, 6.07) is -0.0970. The Labute approximate surface area is 111 Å². The summed E-state index contributed by atoms with van der Waals surface area (Å²) in [4.78, 5) is 0.203. The number of aromatic nitrogens is 2. The second-order valence-corrected chi connectivity index (χ2v) is 6.81. The van der Waals surface area contributed by atoms with E-state index >= 15 is 0 Å². The third-order valence-corrected chi connectivity index (χ3v) is 4.51. The molecule has 98 valence electrons. The van der Waals surface area contributed by atoms with Gasteiger partial charge < -0.3 is 0 Å². The Bertz CT molecular complexity index is 456. The number of alkyl halides is 1. The smallest absolute Gasteiger partial charge is 0.243 e. The molecule has 0 aliphatic rings. The summed E-state index contributed by atoms with van der Waals surface area (Å²) in [5.74, 6) is 0.439. The average Bonchev–Trinajstić information content (AvgIpc) is 2.63. The minimum Gasteiger partial charge on any atom is -0.274 e. The molecule has 7 heteroatoms. The molecule has 1 aromatic rings. The lowest BCUT2D eigenvalue weighted by Crippen LogP contribution is -2.36. The van der Waals surface area contributed by atoms with Crippen molar-refractivity contribution in [3.63, 3.8) is 0 Å². The topological polar surface area (TPSA) is 64.0 Å². The Balaban J connectivity index is 2.78. The van der Waals surface area contributed by atoms with Crippen molar-refractivity contribution in [1.29, 1.82) is 0 Å². The van der Waals surface area contributed by atoms with Crippen molar-refractivity contribution >= 4 is 26.0 Å². The highest BCUT2D eigenvalue weighted by molar-refractivity contribution is 9.09. The van der Waals surface area contributed by atoms with Crippen LogP contribution in [0, 0.1) is 5.92 Å². The van der Waals surface area contributed by atoms with Crippen molar-refractivity contribution in [1.82, 2.24) is 14.5 Å². The van der Waals surface area contributed by atoms with Gasteiger partial charge in [0, 0.05) is 24.6 Å². The van der Waals surface area contributed by atoms with Gasteiger partial charge in [-0.2, -0.15) is 5.10 Å². The molecule has 1 rings (SSSR count). The van der Waals surface area contributed by atoms with Crippen LogP contribution in [-0.4, -0.2) is 29.6 Å². The fourth-order valence-electron chi connectivity index (χ4n) is 1.54. The number of hydrogen-bond acceptors (Lipinski definition) is 3. The Morgan fingerprint density at radius 1 is 1.53 bits per heavy atom.